The minimum absolute atomic E-state index is 0.225. The van der Waals surface area contributed by atoms with Crippen LogP contribution in [0.3, 0.4) is 0 Å². The van der Waals surface area contributed by atoms with Crippen LogP contribution in [0.15, 0.2) is 72.8 Å². The smallest absolute Gasteiger partial charge is 0.295 e. The summed E-state index contributed by atoms with van der Waals surface area (Å²) in [5.41, 5.74) is 0.697. The molecule has 0 radical (unpaired) electrons. The molecule has 0 aliphatic heterocycles. The molecule has 3 aromatic carbocycles. The zero-order valence-corrected chi connectivity index (χ0v) is 25.9. The number of unbranched alkanes of at least 4 members (excludes halogenated alkanes) is 1. The van der Waals surface area contributed by atoms with Crippen molar-refractivity contribution in [1.82, 2.24) is 0 Å². The standard InChI is InChI=1S/C34H42O6Si/c1-6-10-17-25(7-2)24-40-31-23-16-13-20-28(31)34(37)41(5,32(35)26-18-11-14-21-29(26)38-8-3)33(36)27-19-12-15-22-30(27)39-9-4/h11-16,18-23,25H,6-10,17,24H2,1-5H3. The Bertz CT molecular complexity index is 1270. The fraction of sp³-hybridized carbons (Fsp3) is 0.382. The predicted octanol–water partition coefficient (Wildman–Crippen LogP) is 7.72. The van der Waals surface area contributed by atoms with E-state index in [0.717, 1.165) is 25.7 Å². The Kier molecular flexibility index (Phi) is 11.9. The van der Waals surface area contributed by atoms with E-state index in [1.54, 1.807) is 79.3 Å². The van der Waals surface area contributed by atoms with Crippen molar-refractivity contribution in [1.29, 1.82) is 0 Å². The molecule has 1 atom stereocenters. The fourth-order valence-electron chi connectivity index (χ4n) is 4.87. The van der Waals surface area contributed by atoms with Gasteiger partial charge in [0, 0.05) is 0 Å². The Labute approximate surface area is 245 Å². The highest BCUT2D eigenvalue weighted by Gasteiger charge is 2.54. The van der Waals surface area contributed by atoms with Gasteiger partial charge in [-0.2, -0.15) is 0 Å². The fourth-order valence-corrected chi connectivity index (χ4v) is 7.73. The van der Waals surface area contributed by atoms with E-state index < -0.39 is 24.3 Å². The molecule has 0 saturated heterocycles. The first-order valence-electron chi connectivity index (χ1n) is 14.6. The van der Waals surface area contributed by atoms with Crippen molar-refractivity contribution in [2.45, 2.75) is 59.9 Å². The summed E-state index contributed by atoms with van der Waals surface area (Å²) in [4.78, 5) is 43.5. The Balaban J connectivity index is 2.14. The first-order valence-corrected chi connectivity index (χ1v) is 17.1. The second-order valence-corrected chi connectivity index (χ2v) is 13.8. The van der Waals surface area contributed by atoms with Gasteiger partial charge in [0.05, 0.1) is 36.5 Å². The van der Waals surface area contributed by atoms with E-state index in [0.29, 0.717) is 43.0 Å². The number of hydrogen-bond donors (Lipinski definition) is 0. The second-order valence-electron chi connectivity index (χ2n) is 10.2. The average molecular weight is 575 g/mol. The highest BCUT2D eigenvalue weighted by Crippen LogP contribution is 2.33. The van der Waals surface area contributed by atoms with E-state index in [-0.39, 0.29) is 16.7 Å². The largest absolute Gasteiger partial charge is 0.493 e. The van der Waals surface area contributed by atoms with Gasteiger partial charge < -0.3 is 14.2 Å². The monoisotopic (exact) mass is 574 g/mol. The van der Waals surface area contributed by atoms with Crippen molar-refractivity contribution in [3.63, 3.8) is 0 Å². The summed E-state index contributed by atoms with van der Waals surface area (Å²) in [7, 11) is -4.18. The summed E-state index contributed by atoms with van der Waals surface area (Å²) in [6.07, 6.45) is 4.21. The molecule has 0 heterocycles. The van der Waals surface area contributed by atoms with Gasteiger partial charge in [-0.3, -0.25) is 14.4 Å². The highest BCUT2D eigenvalue weighted by atomic mass is 28.3. The summed E-state index contributed by atoms with van der Waals surface area (Å²) < 4.78 is 17.7. The van der Waals surface area contributed by atoms with E-state index in [4.69, 9.17) is 14.2 Å². The number of ether oxygens (including phenoxy) is 3. The molecular formula is C34H42O6Si. The van der Waals surface area contributed by atoms with Crippen LogP contribution in [0.5, 0.6) is 17.2 Å². The molecule has 0 aliphatic carbocycles. The zero-order valence-electron chi connectivity index (χ0n) is 24.9. The summed E-state index contributed by atoms with van der Waals surface area (Å²) in [5.74, 6) is 1.44. The molecule has 3 aromatic rings. The van der Waals surface area contributed by atoms with Crippen LogP contribution >= 0.6 is 0 Å². The molecule has 41 heavy (non-hydrogen) atoms. The van der Waals surface area contributed by atoms with Gasteiger partial charge >= 0.3 is 0 Å². The molecule has 0 fully saturated rings. The lowest BCUT2D eigenvalue weighted by atomic mass is 10.0. The Morgan fingerprint density at radius 1 is 0.634 bits per heavy atom. The molecule has 3 rings (SSSR count). The second kappa shape index (κ2) is 15.3. The van der Waals surface area contributed by atoms with E-state index in [9.17, 15) is 14.4 Å². The first kappa shape index (κ1) is 31.8. The highest BCUT2D eigenvalue weighted by molar-refractivity contribution is 7.42. The quantitative estimate of drug-likeness (QED) is 0.154. The Morgan fingerprint density at radius 3 is 1.39 bits per heavy atom. The molecule has 7 heteroatoms. The van der Waals surface area contributed by atoms with E-state index in [1.165, 1.54) is 0 Å². The van der Waals surface area contributed by atoms with Gasteiger partial charge in [0.15, 0.2) is 16.2 Å². The number of para-hydroxylation sites is 3. The third-order valence-electron chi connectivity index (χ3n) is 7.37. The Morgan fingerprint density at radius 2 is 1.02 bits per heavy atom. The van der Waals surface area contributed by atoms with Crippen molar-refractivity contribution < 1.29 is 28.6 Å². The molecule has 6 nitrogen and oxygen atoms in total. The van der Waals surface area contributed by atoms with Gasteiger partial charge in [-0.15, -0.1) is 0 Å². The molecule has 0 saturated carbocycles. The van der Waals surface area contributed by atoms with Gasteiger partial charge in [0.1, 0.15) is 17.2 Å². The maximum Gasteiger partial charge on any atom is 0.295 e. The van der Waals surface area contributed by atoms with Crippen LogP contribution in [-0.2, 0) is 0 Å². The number of rotatable bonds is 17. The number of hydrogen-bond acceptors (Lipinski definition) is 6. The van der Waals surface area contributed by atoms with Crippen LogP contribution in [-0.4, -0.2) is 44.1 Å². The van der Waals surface area contributed by atoms with Gasteiger partial charge in [0.25, 0.3) is 8.07 Å². The molecule has 218 valence electrons. The normalized spacial score (nSPS) is 11.9. The van der Waals surface area contributed by atoms with Crippen molar-refractivity contribution in [2.75, 3.05) is 19.8 Å². The van der Waals surface area contributed by atoms with Gasteiger partial charge in [0.2, 0.25) is 0 Å². The maximum absolute atomic E-state index is 14.6. The summed E-state index contributed by atoms with van der Waals surface area (Å²) in [6, 6.07) is 20.5. The third kappa shape index (κ3) is 7.33. The summed E-state index contributed by atoms with van der Waals surface area (Å²) >= 11 is 0. The SMILES string of the molecule is CCCCC(CC)COc1ccccc1C(=O)[Si](C)(C(=O)c1ccccc1OCC)C(=O)c1ccccc1OCC. The van der Waals surface area contributed by atoms with Crippen LogP contribution in [0, 0.1) is 5.92 Å². The predicted molar refractivity (Wildman–Crippen MR) is 165 cm³/mol. The molecule has 0 bridgehead atoms. The van der Waals surface area contributed by atoms with E-state index in [2.05, 4.69) is 13.8 Å². The molecule has 0 amide bonds. The van der Waals surface area contributed by atoms with Gasteiger partial charge in [-0.05, 0) is 69.1 Å². The van der Waals surface area contributed by atoms with Gasteiger partial charge in [-0.1, -0.05) is 69.5 Å². The van der Waals surface area contributed by atoms with Crippen molar-refractivity contribution in [3.8, 4) is 17.2 Å². The number of carbonyl (C=O) groups excluding carboxylic acids is 3. The van der Waals surface area contributed by atoms with E-state index in [1.807, 2.05) is 13.8 Å². The zero-order chi connectivity index (χ0) is 29.8. The van der Waals surface area contributed by atoms with Crippen LogP contribution in [0.2, 0.25) is 6.55 Å². The topological polar surface area (TPSA) is 78.9 Å². The van der Waals surface area contributed by atoms with E-state index >= 15 is 0 Å². The molecule has 1 unspecified atom stereocenters. The average Bonchev–Trinajstić information content (AvgIpc) is 3.00. The Hall–Kier alpha value is -3.71. The number of carbonyl (C=O) groups is 3. The first-order chi connectivity index (χ1) is 19.8. The lowest BCUT2D eigenvalue weighted by Crippen LogP contribution is -2.57. The molecule has 0 N–H and O–H groups in total. The van der Waals surface area contributed by atoms with Crippen LogP contribution < -0.4 is 14.2 Å². The third-order valence-corrected chi connectivity index (χ3v) is 10.9. The molecular weight excluding hydrogens is 532 g/mol. The minimum atomic E-state index is -4.18. The maximum atomic E-state index is 14.6. The number of benzene rings is 3. The van der Waals surface area contributed by atoms with Crippen LogP contribution in [0.4, 0.5) is 0 Å². The molecule has 0 aliphatic rings. The van der Waals surface area contributed by atoms with Crippen molar-refractivity contribution in [3.05, 3.63) is 89.5 Å². The lowest BCUT2D eigenvalue weighted by Gasteiger charge is -2.26. The minimum Gasteiger partial charge on any atom is -0.493 e. The summed E-state index contributed by atoms with van der Waals surface area (Å²) in [5, 5.41) is -1.51. The summed E-state index contributed by atoms with van der Waals surface area (Å²) in [6.45, 7) is 10.6. The molecule has 0 spiro atoms. The van der Waals surface area contributed by atoms with Crippen LogP contribution in [0.25, 0.3) is 0 Å². The molecule has 0 aromatic heterocycles. The van der Waals surface area contributed by atoms with Crippen molar-refractivity contribution >= 4 is 24.3 Å². The lowest BCUT2D eigenvalue weighted by molar-refractivity contribution is 0.0979. The van der Waals surface area contributed by atoms with Crippen LogP contribution in [0.1, 0.15) is 84.5 Å². The van der Waals surface area contributed by atoms with Gasteiger partial charge in [-0.25, -0.2) is 0 Å². The van der Waals surface area contributed by atoms with Crippen molar-refractivity contribution in [2.24, 2.45) is 5.92 Å².